The first-order valence-electron chi connectivity index (χ1n) is 10.3. The number of carbonyl (C=O) groups is 1. The zero-order valence-electron chi connectivity index (χ0n) is 18.1. The van der Waals surface area contributed by atoms with Gasteiger partial charge in [0.05, 0.1) is 18.0 Å². The van der Waals surface area contributed by atoms with Crippen molar-refractivity contribution >= 4 is 5.91 Å². The Morgan fingerprint density at radius 2 is 1.87 bits per heavy atom. The standard InChI is InChI=1S/C21H27N7O2/c1-12-9-13(2)23-21(22-12)28-15(4)18(14(3)25-28)10-19(29)27-8-6-7-17(11-27)20-24-16(5)26-30-20/h9,17H,6-8,10-11H2,1-5H3. The molecule has 1 amide bonds. The lowest BCUT2D eigenvalue weighted by Crippen LogP contribution is -2.40. The van der Waals surface area contributed by atoms with Crippen molar-refractivity contribution in [2.75, 3.05) is 13.1 Å². The van der Waals surface area contributed by atoms with E-state index in [2.05, 4.69) is 25.2 Å². The molecule has 30 heavy (non-hydrogen) atoms. The summed E-state index contributed by atoms with van der Waals surface area (Å²) in [5, 5.41) is 8.50. The topological polar surface area (TPSA) is 103 Å². The Balaban J connectivity index is 1.52. The Labute approximate surface area is 175 Å². The van der Waals surface area contributed by atoms with Gasteiger partial charge in [-0.05, 0) is 53.5 Å². The second-order valence-corrected chi connectivity index (χ2v) is 8.05. The van der Waals surface area contributed by atoms with Crippen molar-refractivity contribution < 1.29 is 9.32 Å². The third-order valence-electron chi connectivity index (χ3n) is 5.60. The van der Waals surface area contributed by atoms with E-state index in [1.165, 1.54) is 0 Å². The zero-order chi connectivity index (χ0) is 21.4. The molecule has 1 aliphatic heterocycles. The molecule has 0 saturated carbocycles. The number of carbonyl (C=O) groups excluding carboxylic acids is 1. The number of hydrogen-bond acceptors (Lipinski definition) is 7. The number of aromatic nitrogens is 6. The average Bonchev–Trinajstić information content (AvgIpc) is 3.26. The smallest absolute Gasteiger partial charge is 0.251 e. The molecular weight excluding hydrogens is 382 g/mol. The Hall–Kier alpha value is -3.10. The molecule has 0 aliphatic carbocycles. The number of likely N-dealkylation sites (tertiary alicyclic amines) is 1. The second-order valence-electron chi connectivity index (χ2n) is 8.05. The van der Waals surface area contributed by atoms with Crippen molar-refractivity contribution in [2.24, 2.45) is 0 Å². The molecule has 1 atom stereocenters. The van der Waals surface area contributed by atoms with Crippen LogP contribution in [0.25, 0.3) is 5.95 Å². The van der Waals surface area contributed by atoms with Gasteiger partial charge in [-0.2, -0.15) is 10.1 Å². The van der Waals surface area contributed by atoms with Crippen molar-refractivity contribution in [3.05, 3.63) is 46.1 Å². The molecule has 0 aromatic carbocycles. The summed E-state index contributed by atoms with van der Waals surface area (Å²) in [6.45, 7) is 10.9. The van der Waals surface area contributed by atoms with Gasteiger partial charge >= 0.3 is 0 Å². The summed E-state index contributed by atoms with van der Waals surface area (Å²) in [7, 11) is 0. The van der Waals surface area contributed by atoms with Crippen LogP contribution in [0.4, 0.5) is 0 Å². The molecule has 158 valence electrons. The van der Waals surface area contributed by atoms with E-state index in [4.69, 9.17) is 4.52 Å². The maximum Gasteiger partial charge on any atom is 0.251 e. The van der Waals surface area contributed by atoms with Gasteiger partial charge in [0.25, 0.3) is 5.95 Å². The molecule has 1 fully saturated rings. The molecular formula is C21H27N7O2. The summed E-state index contributed by atoms with van der Waals surface area (Å²) < 4.78 is 7.07. The summed E-state index contributed by atoms with van der Waals surface area (Å²) in [5.74, 6) is 1.97. The van der Waals surface area contributed by atoms with Gasteiger partial charge in [0, 0.05) is 35.7 Å². The van der Waals surface area contributed by atoms with Crippen LogP contribution in [0, 0.1) is 34.6 Å². The molecule has 3 aromatic heterocycles. The van der Waals surface area contributed by atoms with Crippen molar-refractivity contribution in [3.63, 3.8) is 0 Å². The summed E-state index contributed by atoms with van der Waals surface area (Å²) in [6.07, 6.45) is 2.18. The van der Waals surface area contributed by atoms with Crippen LogP contribution in [0.3, 0.4) is 0 Å². The van der Waals surface area contributed by atoms with Crippen LogP contribution < -0.4 is 0 Å². The van der Waals surface area contributed by atoms with E-state index >= 15 is 0 Å². The summed E-state index contributed by atoms with van der Waals surface area (Å²) in [4.78, 5) is 28.4. The van der Waals surface area contributed by atoms with Gasteiger partial charge in [-0.1, -0.05) is 5.16 Å². The molecule has 0 spiro atoms. The van der Waals surface area contributed by atoms with E-state index in [1.807, 2.05) is 38.7 Å². The van der Waals surface area contributed by atoms with E-state index in [1.54, 1.807) is 11.6 Å². The van der Waals surface area contributed by atoms with E-state index < -0.39 is 0 Å². The molecule has 1 unspecified atom stereocenters. The maximum absolute atomic E-state index is 13.1. The first-order chi connectivity index (χ1) is 14.3. The van der Waals surface area contributed by atoms with E-state index in [0.717, 1.165) is 47.7 Å². The van der Waals surface area contributed by atoms with Crippen LogP contribution in [-0.2, 0) is 11.2 Å². The normalized spacial score (nSPS) is 16.8. The fourth-order valence-corrected chi connectivity index (χ4v) is 4.07. The SMILES string of the molecule is Cc1cc(C)nc(-n2nc(C)c(CC(=O)N3CCCC(c4nc(C)no4)C3)c2C)n1. The molecule has 9 nitrogen and oxygen atoms in total. The highest BCUT2D eigenvalue weighted by molar-refractivity contribution is 5.79. The second kappa shape index (κ2) is 7.97. The van der Waals surface area contributed by atoms with Gasteiger partial charge in [-0.15, -0.1) is 0 Å². The van der Waals surface area contributed by atoms with Crippen molar-refractivity contribution in [1.29, 1.82) is 0 Å². The predicted molar refractivity (Wildman–Crippen MR) is 109 cm³/mol. The zero-order valence-corrected chi connectivity index (χ0v) is 18.1. The van der Waals surface area contributed by atoms with E-state index in [9.17, 15) is 4.79 Å². The number of aryl methyl sites for hydroxylation is 4. The summed E-state index contributed by atoms with van der Waals surface area (Å²) in [6, 6.07) is 1.93. The average molecular weight is 409 g/mol. The molecule has 3 aromatic rings. The monoisotopic (exact) mass is 409 g/mol. The Bertz CT molecular complexity index is 1060. The van der Waals surface area contributed by atoms with Gasteiger partial charge in [-0.3, -0.25) is 4.79 Å². The lowest BCUT2D eigenvalue weighted by Gasteiger charge is -2.31. The van der Waals surface area contributed by atoms with Crippen molar-refractivity contribution in [1.82, 2.24) is 34.8 Å². The summed E-state index contributed by atoms with van der Waals surface area (Å²) in [5.41, 5.74) is 4.42. The molecule has 9 heteroatoms. The van der Waals surface area contributed by atoms with Gasteiger partial charge in [0.15, 0.2) is 5.82 Å². The van der Waals surface area contributed by atoms with Crippen molar-refractivity contribution in [3.8, 4) is 5.95 Å². The van der Waals surface area contributed by atoms with E-state index in [-0.39, 0.29) is 11.8 Å². The van der Waals surface area contributed by atoms with Gasteiger partial charge in [0.1, 0.15) is 0 Å². The number of nitrogens with zero attached hydrogens (tertiary/aromatic N) is 7. The molecule has 4 heterocycles. The lowest BCUT2D eigenvalue weighted by molar-refractivity contribution is -0.131. The fraction of sp³-hybridized carbons (Fsp3) is 0.524. The number of piperidine rings is 1. The molecule has 0 bridgehead atoms. The van der Waals surface area contributed by atoms with Crippen LogP contribution in [0.2, 0.25) is 0 Å². The first kappa shape index (κ1) is 20.2. The largest absolute Gasteiger partial charge is 0.342 e. The number of amides is 1. The Morgan fingerprint density at radius 3 is 2.53 bits per heavy atom. The lowest BCUT2D eigenvalue weighted by atomic mass is 9.97. The minimum Gasteiger partial charge on any atom is -0.342 e. The molecule has 1 saturated heterocycles. The van der Waals surface area contributed by atoms with Gasteiger partial charge in [-0.25, -0.2) is 14.6 Å². The van der Waals surface area contributed by atoms with Crippen LogP contribution >= 0.6 is 0 Å². The molecule has 4 rings (SSSR count). The Morgan fingerprint density at radius 1 is 1.13 bits per heavy atom. The van der Waals surface area contributed by atoms with Crippen LogP contribution in [0.5, 0.6) is 0 Å². The molecule has 0 N–H and O–H groups in total. The number of rotatable bonds is 4. The first-order valence-corrected chi connectivity index (χ1v) is 10.3. The summed E-state index contributed by atoms with van der Waals surface area (Å²) >= 11 is 0. The van der Waals surface area contributed by atoms with Crippen LogP contribution in [-0.4, -0.2) is 53.8 Å². The maximum atomic E-state index is 13.1. The third kappa shape index (κ3) is 3.96. The minimum absolute atomic E-state index is 0.0861. The van der Waals surface area contributed by atoms with Crippen molar-refractivity contribution in [2.45, 2.75) is 59.8 Å². The van der Waals surface area contributed by atoms with Crippen LogP contribution in [0.15, 0.2) is 10.6 Å². The van der Waals surface area contributed by atoms with Crippen LogP contribution in [0.1, 0.15) is 58.8 Å². The Kier molecular flexibility index (Phi) is 5.36. The number of hydrogen-bond donors (Lipinski definition) is 0. The van der Waals surface area contributed by atoms with Gasteiger partial charge < -0.3 is 9.42 Å². The molecule has 1 aliphatic rings. The molecule has 0 radical (unpaired) electrons. The quantitative estimate of drug-likeness (QED) is 0.652. The van der Waals surface area contributed by atoms with E-state index in [0.29, 0.717) is 30.6 Å². The third-order valence-corrected chi connectivity index (χ3v) is 5.60. The predicted octanol–water partition coefficient (Wildman–Crippen LogP) is 2.54. The highest BCUT2D eigenvalue weighted by atomic mass is 16.5. The highest BCUT2D eigenvalue weighted by Crippen LogP contribution is 2.27. The minimum atomic E-state index is 0.0861. The fourth-order valence-electron chi connectivity index (χ4n) is 4.07. The highest BCUT2D eigenvalue weighted by Gasteiger charge is 2.29. The van der Waals surface area contributed by atoms with Gasteiger partial charge in [0.2, 0.25) is 11.8 Å².